The van der Waals surface area contributed by atoms with Gasteiger partial charge in [0.25, 0.3) is 0 Å². The predicted octanol–water partition coefficient (Wildman–Crippen LogP) is 1.24. The lowest BCUT2D eigenvalue weighted by atomic mass is 9.85. The highest BCUT2D eigenvalue weighted by Gasteiger charge is 2.60. The molecule has 5 atom stereocenters. The van der Waals surface area contributed by atoms with Crippen LogP contribution < -0.4 is 0 Å². The van der Waals surface area contributed by atoms with Crippen LogP contribution in [-0.4, -0.2) is 26.6 Å². The Bertz CT molecular complexity index is 251. The van der Waals surface area contributed by atoms with Gasteiger partial charge in [-0.2, -0.15) is 0 Å². The van der Waals surface area contributed by atoms with Crippen molar-refractivity contribution in [3.8, 4) is 0 Å². The third kappa shape index (κ3) is 1.22. The Morgan fingerprint density at radius 2 is 2.23 bits per heavy atom. The van der Waals surface area contributed by atoms with Crippen LogP contribution in [0.3, 0.4) is 0 Å². The quantitative estimate of drug-likeness (QED) is 0.687. The maximum Gasteiger partial charge on any atom is 0.307 e. The molecule has 3 nitrogen and oxygen atoms in total. The maximum atomic E-state index is 11.0. The molecule has 0 aliphatic heterocycles. The molecule has 0 spiro atoms. The SMILES string of the molecule is CC1(O)CC2C(Br)CC1C2C(=O)O. The van der Waals surface area contributed by atoms with Gasteiger partial charge in [-0.1, -0.05) is 15.9 Å². The van der Waals surface area contributed by atoms with Crippen LogP contribution in [0.5, 0.6) is 0 Å². The number of hydrogen-bond donors (Lipinski definition) is 2. The summed E-state index contributed by atoms with van der Waals surface area (Å²) in [6.07, 6.45) is 1.40. The lowest BCUT2D eigenvalue weighted by Crippen LogP contribution is -2.35. The topological polar surface area (TPSA) is 57.5 Å². The van der Waals surface area contributed by atoms with Gasteiger partial charge in [-0.15, -0.1) is 0 Å². The summed E-state index contributed by atoms with van der Waals surface area (Å²) >= 11 is 3.48. The van der Waals surface area contributed by atoms with E-state index < -0.39 is 11.6 Å². The number of aliphatic carboxylic acids is 1. The maximum absolute atomic E-state index is 11.0. The second kappa shape index (κ2) is 2.70. The minimum Gasteiger partial charge on any atom is -0.481 e. The first-order valence-electron chi connectivity index (χ1n) is 4.53. The van der Waals surface area contributed by atoms with E-state index >= 15 is 0 Å². The molecule has 0 amide bonds. The highest BCUT2D eigenvalue weighted by Crippen LogP contribution is 2.56. The molecule has 0 saturated heterocycles. The number of aliphatic hydroxyl groups is 1. The number of alkyl halides is 1. The first-order chi connectivity index (χ1) is 5.93. The summed E-state index contributed by atoms with van der Waals surface area (Å²) in [5.74, 6) is -1.06. The van der Waals surface area contributed by atoms with Gasteiger partial charge in [0, 0.05) is 10.7 Å². The van der Waals surface area contributed by atoms with E-state index in [0.717, 1.165) is 6.42 Å². The lowest BCUT2D eigenvalue weighted by molar-refractivity contribution is -0.144. The Kier molecular flexibility index (Phi) is 1.97. The van der Waals surface area contributed by atoms with E-state index in [-0.39, 0.29) is 22.6 Å². The average Bonchev–Trinajstić information content (AvgIpc) is 2.38. The van der Waals surface area contributed by atoms with Crippen LogP contribution in [-0.2, 0) is 4.79 Å². The number of fused-ring (bicyclic) bond motifs is 2. The number of carbonyl (C=O) groups is 1. The number of halogens is 1. The molecule has 0 aromatic carbocycles. The van der Waals surface area contributed by atoms with Gasteiger partial charge in [0.1, 0.15) is 0 Å². The lowest BCUT2D eigenvalue weighted by Gasteiger charge is -2.30. The minimum absolute atomic E-state index is 0.0700. The van der Waals surface area contributed by atoms with Crippen LogP contribution in [0.2, 0.25) is 0 Å². The van der Waals surface area contributed by atoms with Crippen LogP contribution in [0.15, 0.2) is 0 Å². The number of rotatable bonds is 1. The van der Waals surface area contributed by atoms with Gasteiger partial charge in [0.05, 0.1) is 11.5 Å². The molecule has 2 aliphatic rings. The second-order valence-corrected chi connectivity index (χ2v) is 5.62. The Labute approximate surface area is 85.3 Å². The zero-order chi connectivity index (χ0) is 9.80. The molecule has 13 heavy (non-hydrogen) atoms. The number of carboxylic acid groups (broad SMARTS) is 1. The average molecular weight is 249 g/mol. The number of carboxylic acids is 1. The zero-order valence-corrected chi connectivity index (χ0v) is 8.99. The van der Waals surface area contributed by atoms with Gasteiger partial charge >= 0.3 is 5.97 Å². The molecule has 2 saturated carbocycles. The fourth-order valence-electron chi connectivity index (χ4n) is 2.97. The normalized spacial score (nSPS) is 54.1. The molecule has 2 N–H and O–H groups in total. The smallest absolute Gasteiger partial charge is 0.307 e. The Balaban J connectivity index is 2.29. The zero-order valence-electron chi connectivity index (χ0n) is 7.40. The third-order valence-corrected chi connectivity index (χ3v) is 4.62. The largest absolute Gasteiger partial charge is 0.481 e. The van der Waals surface area contributed by atoms with E-state index in [0.29, 0.717) is 6.42 Å². The molecular weight excluding hydrogens is 236 g/mol. The minimum atomic E-state index is -0.766. The van der Waals surface area contributed by atoms with Crippen molar-refractivity contribution in [2.75, 3.05) is 0 Å². The molecule has 5 unspecified atom stereocenters. The molecule has 0 aromatic heterocycles. The van der Waals surface area contributed by atoms with E-state index in [9.17, 15) is 9.90 Å². The van der Waals surface area contributed by atoms with Crippen LogP contribution in [0.1, 0.15) is 19.8 Å². The fraction of sp³-hybridized carbons (Fsp3) is 0.889. The van der Waals surface area contributed by atoms with Gasteiger partial charge in [0.15, 0.2) is 0 Å². The standard InChI is InChI=1S/C9H13BrO3/c1-9(13)3-4-6(10)2-5(9)7(4)8(11)12/h4-7,13H,2-3H2,1H3,(H,11,12). The molecule has 2 aliphatic carbocycles. The monoisotopic (exact) mass is 248 g/mol. The molecule has 0 heterocycles. The van der Waals surface area contributed by atoms with Crippen molar-refractivity contribution in [1.82, 2.24) is 0 Å². The van der Waals surface area contributed by atoms with Gasteiger partial charge in [-0.05, 0) is 25.7 Å². The van der Waals surface area contributed by atoms with Crippen molar-refractivity contribution < 1.29 is 15.0 Å². The Morgan fingerprint density at radius 3 is 2.54 bits per heavy atom. The van der Waals surface area contributed by atoms with E-state index in [1.54, 1.807) is 6.92 Å². The Hall–Kier alpha value is -0.0900. The van der Waals surface area contributed by atoms with E-state index in [1.807, 2.05) is 0 Å². The molecule has 0 radical (unpaired) electrons. The van der Waals surface area contributed by atoms with Crippen LogP contribution in [0, 0.1) is 17.8 Å². The molecule has 2 fully saturated rings. The Morgan fingerprint density at radius 1 is 1.62 bits per heavy atom. The summed E-state index contributed by atoms with van der Waals surface area (Å²) in [6, 6.07) is 0. The summed E-state index contributed by atoms with van der Waals surface area (Å²) in [5.41, 5.74) is -0.766. The van der Waals surface area contributed by atoms with Crippen LogP contribution in [0.4, 0.5) is 0 Å². The molecular formula is C9H13BrO3. The first kappa shape index (κ1) is 9.46. The first-order valence-corrected chi connectivity index (χ1v) is 5.44. The van der Waals surface area contributed by atoms with Crippen LogP contribution >= 0.6 is 15.9 Å². The molecule has 4 heteroatoms. The van der Waals surface area contributed by atoms with Gasteiger partial charge < -0.3 is 10.2 Å². The van der Waals surface area contributed by atoms with Crippen LogP contribution in [0.25, 0.3) is 0 Å². The fourth-order valence-corrected chi connectivity index (χ4v) is 3.89. The summed E-state index contributed by atoms with van der Waals surface area (Å²) in [4.78, 5) is 11.2. The summed E-state index contributed by atoms with van der Waals surface area (Å²) in [5, 5.41) is 18.9. The highest BCUT2D eigenvalue weighted by molar-refractivity contribution is 9.09. The van der Waals surface area contributed by atoms with Crippen molar-refractivity contribution in [1.29, 1.82) is 0 Å². The van der Waals surface area contributed by atoms with E-state index in [2.05, 4.69) is 15.9 Å². The molecule has 0 aromatic rings. The van der Waals surface area contributed by atoms with Gasteiger partial charge in [-0.25, -0.2) is 0 Å². The molecule has 2 rings (SSSR count). The second-order valence-electron chi connectivity index (χ2n) is 4.45. The van der Waals surface area contributed by atoms with Crippen molar-refractivity contribution in [3.63, 3.8) is 0 Å². The molecule has 2 bridgehead atoms. The number of hydrogen-bond acceptors (Lipinski definition) is 2. The van der Waals surface area contributed by atoms with E-state index in [4.69, 9.17) is 5.11 Å². The van der Waals surface area contributed by atoms with Gasteiger partial charge in [0.2, 0.25) is 0 Å². The van der Waals surface area contributed by atoms with E-state index in [1.165, 1.54) is 0 Å². The predicted molar refractivity (Wildman–Crippen MR) is 50.7 cm³/mol. The third-order valence-electron chi connectivity index (χ3n) is 3.57. The van der Waals surface area contributed by atoms with Crippen molar-refractivity contribution in [3.05, 3.63) is 0 Å². The van der Waals surface area contributed by atoms with Crippen molar-refractivity contribution in [2.45, 2.75) is 30.2 Å². The summed E-state index contributed by atoms with van der Waals surface area (Å²) < 4.78 is 0. The van der Waals surface area contributed by atoms with Crippen molar-refractivity contribution in [2.24, 2.45) is 17.8 Å². The summed E-state index contributed by atoms with van der Waals surface area (Å²) in [6.45, 7) is 1.76. The summed E-state index contributed by atoms with van der Waals surface area (Å²) in [7, 11) is 0. The van der Waals surface area contributed by atoms with Gasteiger partial charge in [-0.3, -0.25) is 4.79 Å². The highest BCUT2D eigenvalue weighted by atomic mass is 79.9. The van der Waals surface area contributed by atoms with Crippen molar-refractivity contribution >= 4 is 21.9 Å². The molecule has 74 valence electrons.